The SMILES string of the molecule is Cl.NCCCC(=O)Nc1nc2ccc(OCC(F)(F)F)cc2s1. The fourth-order valence-corrected chi connectivity index (χ4v) is 2.57. The standard InChI is InChI=1S/C13H14F3N3O2S.ClH/c14-13(15,16)7-21-8-3-4-9-10(6-8)22-12(18-9)19-11(20)2-1-5-17;/h3-4,6H,1-2,5,7,17H2,(H,18,19,20);1H. The van der Waals surface area contributed by atoms with Gasteiger partial charge in [-0.25, -0.2) is 4.98 Å². The van der Waals surface area contributed by atoms with Crippen LogP contribution in [0.5, 0.6) is 5.75 Å². The predicted octanol–water partition coefficient (Wildman–Crippen LogP) is 3.34. The van der Waals surface area contributed by atoms with Gasteiger partial charge in [-0.2, -0.15) is 13.2 Å². The van der Waals surface area contributed by atoms with E-state index >= 15 is 0 Å². The van der Waals surface area contributed by atoms with E-state index in [9.17, 15) is 18.0 Å². The number of fused-ring (bicyclic) bond motifs is 1. The Hall–Kier alpha value is -1.58. The van der Waals surface area contributed by atoms with Gasteiger partial charge >= 0.3 is 6.18 Å². The second kappa shape index (κ2) is 8.32. The Morgan fingerprint density at radius 1 is 1.39 bits per heavy atom. The first kappa shape index (κ1) is 19.5. The van der Waals surface area contributed by atoms with Gasteiger partial charge in [0.1, 0.15) is 5.75 Å². The number of aromatic nitrogens is 1. The fourth-order valence-electron chi connectivity index (χ4n) is 1.66. The number of hydrogen-bond acceptors (Lipinski definition) is 5. The third kappa shape index (κ3) is 6.20. The number of ether oxygens (including phenoxy) is 1. The smallest absolute Gasteiger partial charge is 0.422 e. The lowest BCUT2D eigenvalue weighted by Gasteiger charge is -2.08. The van der Waals surface area contributed by atoms with Crippen LogP contribution in [0.15, 0.2) is 18.2 Å². The quantitative estimate of drug-likeness (QED) is 0.818. The van der Waals surface area contributed by atoms with E-state index in [4.69, 9.17) is 5.73 Å². The Morgan fingerprint density at radius 3 is 2.78 bits per heavy atom. The van der Waals surface area contributed by atoms with Crippen LogP contribution in [-0.4, -0.2) is 30.2 Å². The van der Waals surface area contributed by atoms with E-state index in [1.807, 2.05) is 0 Å². The number of amides is 1. The zero-order valence-corrected chi connectivity index (χ0v) is 13.5. The Bertz CT molecular complexity index is 663. The highest BCUT2D eigenvalue weighted by Crippen LogP contribution is 2.30. The summed E-state index contributed by atoms with van der Waals surface area (Å²) in [7, 11) is 0. The summed E-state index contributed by atoms with van der Waals surface area (Å²) in [6.07, 6.45) is -3.51. The highest BCUT2D eigenvalue weighted by Gasteiger charge is 2.28. The van der Waals surface area contributed by atoms with Crippen LogP contribution in [0.1, 0.15) is 12.8 Å². The van der Waals surface area contributed by atoms with E-state index in [1.165, 1.54) is 23.5 Å². The number of alkyl halides is 3. The molecule has 0 unspecified atom stereocenters. The Kier molecular flexibility index (Phi) is 7.04. The number of carbonyl (C=O) groups is 1. The lowest BCUT2D eigenvalue weighted by Crippen LogP contribution is -2.19. The molecule has 1 amide bonds. The molecule has 1 heterocycles. The molecule has 2 aromatic rings. The molecular weight excluding hydrogens is 355 g/mol. The highest BCUT2D eigenvalue weighted by atomic mass is 35.5. The van der Waals surface area contributed by atoms with E-state index < -0.39 is 12.8 Å². The average Bonchev–Trinajstić information content (AvgIpc) is 2.83. The molecule has 0 atom stereocenters. The lowest BCUT2D eigenvalue weighted by molar-refractivity contribution is -0.153. The van der Waals surface area contributed by atoms with Crippen molar-refractivity contribution in [2.75, 3.05) is 18.5 Å². The van der Waals surface area contributed by atoms with Crippen LogP contribution in [0.3, 0.4) is 0 Å². The topological polar surface area (TPSA) is 77.2 Å². The molecule has 23 heavy (non-hydrogen) atoms. The van der Waals surface area contributed by atoms with Crippen molar-refractivity contribution in [1.82, 2.24) is 4.98 Å². The number of thiazole rings is 1. The van der Waals surface area contributed by atoms with Crippen molar-refractivity contribution in [3.05, 3.63) is 18.2 Å². The first-order valence-corrected chi connectivity index (χ1v) is 7.29. The lowest BCUT2D eigenvalue weighted by atomic mass is 10.3. The van der Waals surface area contributed by atoms with E-state index in [2.05, 4.69) is 15.0 Å². The van der Waals surface area contributed by atoms with Crippen LogP contribution in [0.25, 0.3) is 10.2 Å². The summed E-state index contributed by atoms with van der Waals surface area (Å²) in [4.78, 5) is 15.8. The zero-order chi connectivity index (χ0) is 16.2. The van der Waals surface area contributed by atoms with Crippen LogP contribution < -0.4 is 15.8 Å². The zero-order valence-electron chi connectivity index (χ0n) is 11.9. The number of rotatable bonds is 6. The summed E-state index contributed by atoms with van der Waals surface area (Å²) in [5.41, 5.74) is 5.90. The maximum atomic E-state index is 12.1. The van der Waals surface area contributed by atoms with Crippen LogP contribution in [0.2, 0.25) is 0 Å². The molecule has 0 aliphatic heterocycles. The third-order valence-electron chi connectivity index (χ3n) is 2.62. The Balaban J connectivity index is 0.00000264. The molecule has 0 spiro atoms. The summed E-state index contributed by atoms with van der Waals surface area (Å²) in [6.45, 7) is -0.923. The van der Waals surface area contributed by atoms with Crippen molar-refractivity contribution < 1.29 is 22.7 Å². The van der Waals surface area contributed by atoms with Gasteiger partial charge in [-0.3, -0.25) is 4.79 Å². The molecule has 0 radical (unpaired) electrons. The summed E-state index contributed by atoms with van der Waals surface area (Å²) in [5.74, 6) is -0.0902. The maximum Gasteiger partial charge on any atom is 0.422 e. The third-order valence-corrected chi connectivity index (χ3v) is 3.55. The van der Waals surface area contributed by atoms with Crippen molar-refractivity contribution in [2.24, 2.45) is 5.73 Å². The first-order valence-electron chi connectivity index (χ1n) is 6.47. The van der Waals surface area contributed by atoms with Gasteiger partial charge in [0.15, 0.2) is 11.7 Å². The number of nitrogens with zero attached hydrogens (tertiary/aromatic N) is 1. The fraction of sp³-hybridized carbons (Fsp3) is 0.385. The van der Waals surface area contributed by atoms with Gasteiger partial charge in [0.05, 0.1) is 10.2 Å². The number of halogens is 4. The van der Waals surface area contributed by atoms with Crippen molar-refractivity contribution in [2.45, 2.75) is 19.0 Å². The molecular formula is C13H15ClF3N3O2S. The summed E-state index contributed by atoms with van der Waals surface area (Å²) < 4.78 is 41.6. The van der Waals surface area contributed by atoms with Crippen LogP contribution in [0, 0.1) is 0 Å². The van der Waals surface area contributed by atoms with Gasteiger partial charge in [0.25, 0.3) is 0 Å². The van der Waals surface area contributed by atoms with Crippen molar-refractivity contribution in [1.29, 1.82) is 0 Å². The van der Waals surface area contributed by atoms with E-state index in [0.29, 0.717) is 34.7 Å². The minimum Gasteiger partial charge on any atom is -0.484 e. The number of nitrogens with one attached hydrogen (secondary N) is 1. The van der Waals surface area contributed by atoms with Gasteiger partial charge in [0, 0.05) is 6.42 Å². The molecule has 10 heteroatoms. The second-order valence-corrected chi connectivity index (χ2v) is 5.52. The summed E-state index contributed by atoms with van der Waals surface area (Å²) in [6, 6.07) is 4.43. The number of carbonyl (C=O) groups excluding carboxylic acids is 1. The molecule has 5 nitrogen and oxygen atoms in total. The number of anilines is 1. The van der Waals surface area contributed by atoms with E-state index in [-0.39, 0.29) is 24.1 Å². The van der Waals surface area contributed by atoms with Gasteiger partial charge in [-0.1, -0.05) is 11.3 Å². The molecule has 0 fully saturated rings. The highest BCUT2D eigenvalue weighted by molar-refractivity contribution is 7.22. The van der Waals surface area contributed by atoms with Crippen molar-refractivity contribution in [3.8, 4) is 5.75 Å². The minimum atomic E-state index is -4.38. The number of hydrogen-bond donors (Lipinski definition) is 2. The van der Waals surface area contributed by atoms with Crippen LogP contribution in [0.4, 0.5) is 18.3 Å². The van der Waals surface area contributed by atoms with Crippen LogP contribution in [-0.2, 0) is 4.79 Å². The Morgan fingerprint density at radius 2 is 2.13 bits per heavy atom. The van der Waals surface area contributed by atoms with Gasteiger partial charge in [-0.15, -0.1) is 12.4 Å². The molecule has 128 valence electrons. The summed E-state index contributed by atoms with van der Waals surface area (Å²) >= 11 is 1.17. The molecule has 1 aromatic heterocycles. The molecule has 3 N–H and O–H groups in total. The van der Waals surface area contributed by atoms with Crippen molar-refractivity contribution >= 4 is 45.0 Å². The van der Waals surface area contributed by atoms with E-state index in [0.717, 1.165) is 0 Å². The first-order chi connectivity index (χ1) is 10.4. The normalized spacial score (nSPS) is 11.1. The monoisotopic (exact) mass is 369 g/mol. The molecule has 2 rings (SSSR count). The maximum absolute atomic E-state index is 12.1. The van der Waals surface area contributed by atoms with Gasteiger partial charge in [-0.05, 0) is 31.2 Å². The molecule has 0 bridgehead atoms. The average molecular weight is 370 g/mol. The molecule has 0 aliphatic carbocycles. The molecule has 1 aromatic carbocycles. The Labute approximate surface area is 140 Å². The van der Waals surface area contributed by atoms with Crippen molar-refractivity contribution in [3.63, 3.8) is 0 Å². The van der Waals surface area contributed by atoms with E-state index in [1.54, 1.807) is 6.07 Å². The predicted molar refractivity (Wildman–Crippen MR) is 85.3 cm³/mol. The second-order valence-electron chi connectivity index (χ2n) is 4.49. The molecule has 0 saturated heterocycles. The van der Waals surface area contributed by atoms with Gasteiger partial charge in [0.2, 0.25) is 5.91 Å². The van der Waals surface area contributed by atoms with Gasteiger partial charge < -0.3 is 15.8 Å². The molecule has 0 saturated carbocycles. The molecule has 0 aliphatic rings. The number of nitrogens with two attached hydrogens (primary N) is 1. The largest absolute Gasteiger partial charge is 0.484 e. The van der Waals surface area contributed by atoms with Crippen LogP contribution >= 0.6 is 23.7 Å². The number of benzene rings is 1. The minimum absolute atomic E-state index is 0. The summed E-state index contributed by atoms with van der Waals surface area (Å²) in [5, 5.41) is 3.03.